The highest BCUT2D eigenvalue weighted by molar-refractivity contribution is 6.02. The van der Waals surface area contributed by atoms with Crippen LogP contribution in [0.2, 0.25) is 0 Å². The van der Waals surface area contributed by atoms with E-state index in [0.29, 0.717) is 36.9 Å². The average molecular weight is 485 g/mol. The summed E-state index contributed by atoms with van der Waals surface area (Å²) in [6, 6.07) is 19.5. The number of hydrogen-bond acceptors (Lipinski definition) is 5. The van der Waals surface area contributed by atoms with Crippen molar-refractivity contribution in [2.45, 2.75) is 39.2 Å². The molecule has 7 nitrogen and oxygen atoms in total. The molecule has 7 heteroatoms. The largest absolute Gasteiger partial charge is 0.494 e. The Bertz CT molecular complexity index is 1220. The van der Waals surface area contributed by atoms with Gasteiger partial charge in [0.05, 0.1) is 24.1 Å². The van der Waals surface area contributed by atoms with Crippen molar-refractivity contribution >= 4 is 12.0 Å². The van der Waals surface area contributed by atoms with Crippen LogP contribution in [0.4, 0.5) is 0 Å². The lowest BCUT2D eigenvalue weighted by Crippen LogP contribution is -2.32. The van der Waals surface area contributed by atoms with Crippen LogP contribution in [0.15, 0.2) is 66.4 Å². The van der Waals surface area contributed by atoms with E-state index in [1.807, 2.05) is 66.9 Å². The van der Waals surface area contributed by atoms with Crippen molar-refractivity contribution < 1.29 is 14.3 Å². The number of para-hydroxylation sites is 1. The van der Waals surface area contributed by atoms with Crippen LogP contribution in [0.1, 0.15) is 38.7 Å². The molecule has 1 saturated heterocycles. The Balaban J connectivity index is 1.60. The van der Waals surface area contributed by atoms with Crippen LogP contribution in [0.3, 0.4) is 0 Å². The maximum atomic E-state index is 12.8. The zero-order valence-corrected chi connectivity index (χ0v) is 20.8. The Morgan fingerprint density at radius 2 is 2.03 bits per heavy atom. The average Bonchev–Trinajstić information content (AvgIpc) is 3.57. The van der Waals surface area contributed by atoms with Crippen LogP contribution < -0.4 is 10.1 Å². The molecule has 0 spiro atoms. The number of hydrogen-bond donors (Lipinski definition) is 1. The van der Waals surface area contributed by atoms with Gasteiger partial charge in [0.25, 0.3) is 5.91 Å². The number of carbonyl (C=O) groups excluding carboxylic acids is 1. The Morgan fingerprint density at radius 1 is 1.25 bits per heavy atom. The Labute approximate surface area is 212 Å². The number of amides is 1. The van der Waals surface area contributed by atoms with E-state index in [4.69, 9.17) is 14.6 Å². The molecule has 1 aliphatic rings. The second kappa shape index (κ2) is 12.2. The van der Waals surface area contributed by atoms with Crippen LogP contribution in [0.5, 0.6) is 5.75 Å². The number of aromatic nitrogens is 2. The minimum Gasteiger partial charge on any atom is -0.494 e. The smallest absolute Gasteiger partial charge is 0.262 e. The lowest BCUT2D eigenvalue weighted by atomic mass is 10.1. The fourth-order valence-electron chi connectivity index (χ4n) is 3.96. The molecule has 0 bridgehead atoms. The van der Waals surface area contributed by atoms with Crippen LogP contribution in [0, 0.1) is 17.2 Å². The van der Waals surface area contributed by atoms with E-state index in [1.54, 1.807) is 10.8 Å². The standard InChI is InChI=1S/C29H32N4O3/c1-21(2)14-16-36-26-12-10-22(11-13-26)28-24(20-33(32-28)25-7-4-3-5-8-25)17-23(18-30)29(34)31-19-27-9-6-15-35-27/h3-5,7-8,10-13,17,20-21,27H,6,9,14-16,19H2,1-2H3,(H,31,34)/b23-17+/t27-/m1/s1. The third-order valence-electron chi connectivity index (χ3n) is 6.03. The molecule has 3 aromatic rings. The first-order valence-electron chi connectivity index (χ1n) is 12.4. The maximum absolute atomic E-state index is 12.8. The van der Waals surface area contributed by atoms with E-state index in [9.17, 15) is 10.1 Å². The highest BCUT2D eigenvalue weighted by atomic mass is 16.5. The van der Waals surface area contributed by atoms with E-state index in [2.05, 4.69) is 19.2 Å². The van der Waals surface area contributed by atoms with E-state index in [1.165, 1.54) is 0 Å². The van der Waals surface area contributed by atoms with E-state index < -0.39 is 5.91 Å². The number of benzene rings is 2. The van der Waals surface area contributed by atoms with Crippen LogP contribution >= 0.6 is 0 Å². The molecule has 186 valence electrons. The van der Waals surface area contributed by atoms with Gasteiger partial charge in [-0.15, -0.1) is 0 Å². The zero-order valence-electron chi connectivity index (χ0n) is 20.8. The van der Waals surface area contributed by atoms with Gasteiger partial charge in [0.1, 0.15) is 17.4 Å². The molecule has 1 aliphatic heterocycles. The minimum absolute atomic E-state index is 0.00607. The Morgan fingerprint density at radius 3 is 2.69 bits per heavy atom. The first-order chi connectivity index (χ1) is 17.5. The van der Waals surface area contributed by atoms with E-state index in [-0.39, 0.29) is 11.7 Å². The molecule has 0 aliphatic carbocycles. The van der Waals surface area contributed by atoms with Crippen molar-refractivity contribution in [1.29, 1.82) is 5.26 Å². The molecule has 0 unspecified atom stereocenters. The summed E-state index contributed by atoms with van der Waals surface area (Å²) in [5.41, 5.74) is 3.12. The predicted molar refractivity (Wildman–Crippen MR) is 140 cm³/mol. The van der Waals surface area contributed by atoms with Gasteiger partial charge in [-0.25, -0.2) is 4.68 Å². The summed E-state index contributed by atoms with van der Waals surface area (Å²) in [4.78, 5) is 12.8. The van der Waals surface area contributed by atoms with E-state index in [0.717, 1.165) is 36.3 Å². The van der Waals surface area contributed by atoms with Gasteiger partial charge in [-0.1, -0.05) is 32.0 Å². The third-order valence-corrected chi connectivity index (χ3v) is 6.03. The van der Waals surface area contributed by atoms with E-state index >= 15 is 0 Å². The molecule has 4 rings (SSSR count). The number of carbonyl (C=O) groups is 1. The molecule has 2 aromatic carbocycles. The molecule has 36 heavy (non-hydrogen) atoms. The quantitative estimate of drug-likeness (QED) is 0.317. The summed E-state index contributed by atoms with van der Waals surface area (Å²) in [5.74, 6) is 0.961. The number of nitrogens with zero attached hydrogens (tertiary/aromatic N) is 3. The second-order valence-corrected chi connectivity index (χ2v) is 9.28. The lowest BCUT2D eigenvalue weighted by Gasteiger charge is -2.10. The zero-order chi connectivity index (χ0) is 25.3. The monoisotopic (exact) mass is 484 g/mol. The maximum Gasteiger partial charge on any atom is 0.262 e. The van der Waals surface area contributed by atoms with Crippen LogP contribution in [-0.4, -0.2) is 41.6 Å². The number of rotatable bonds is 10. The lowest BCUT2D eigenvalue weighted by molar-refractivity contribution is -0.117. The summed E-state index contributed by atoms with van der Waals surface area (Å²) in [5, 5.41) is 17.4. The summed E-state index contributed by atoms with van der Waals surface area (Å²) >= 11 is 0. The molecule has 1 N–H and O–H groups in total. The van der Waals surface area contributed by atoms with Crippen LogP contribution in [-0.2, 0) is 9.53 Å². The molecule has 1 aromatic heterocycles. The molecule has 0 radical (unpaired) electrons. The topological polar surface area (TPSA) is 89.2 Å². The van der Waals surface area contributed by atoms with Crippen molar-refractivity contribution in [3.05, 3.63) is 71.9 Å². The Hall–Kier alpha value is -3.89. The van der Waals surface area contributed by atoms with Gasteiger partial charge in [-0.2, -0.15) is 10.4 Å². The van der Waals surface area contributed by atoms with Gasteiger partial charge < -0.3 is 14.8 Å². The van der Waals surface area contributed by atoms with Crippen molar-refractivity contribution in [2.75, 3.05) is 19.8 Å². The van der Waals surface area contributed by atoms with Gasteiger partial charge in [0.15, 0.2) is 0 Å². The predicted octanol–water partition coefficient (Wildman–Crippen LogP) is 5.17. The van der Waals surface area contributed by atoms with Crippen molar-refractivity contribution in [3.8, 4) is 28.8 Å². The third kappa shape index (κ3) is 6.61. The van der Waals surface area contributed by atoms with Crippen LogP contribution in [0.25, 0.3) is 23.0 Å². The number of nitriles is 1. The first-order valence-corrected chi connectivity index (χ1v) is 12.4. The van der Waals surface area contributed by atoms with Gasteiger partial charge in [0.2, 0.25) is 0 Å². The molecule has 1 atom stereocenters. The van der Waals surface area contributed by atoms with Gasteiger partial charge in [-0.05, 0) is 67.7 Å². The molecule has 1 amide bonds. The van der Waals surface area contributed by atoms with Crippen molar-refractivity contribution in [3.63, 3.8) is 0 Å². The summed E-state index contributed by atoms with van der Waals surface area (Å²) < 4.78 is 13.2. The highest BCUT2D eigenvalue weighted by Gasteiger charge is 2.19. The molecule has 1 fully saturated rings. The highest BCUT2D eigenvalue weighted by Crippen LogP contribution is 2.28. The van der Waals surface area contributed by atoms with Gasteiger partial charge >= 0.3 is 0 Å². The van der Waals surface area contributed by atoms with Gasteiger partial charge in [0, 0.05) is 30.5 Å². The molecular weight excluding hydrogens is 452 g/mol. The normalized spacial score (nSPS) is 15.6. The molecule has 2 heterocycles. The second-order valence-electron chi connectivity index (χ2n) is 9.28. The fraction of sp³-hybridized carbons (Fsp3) is 0.345. The number of ether oxygens (including phenoxy) is 2. The molecular formula is C29H32N4O3. The Kier molecular flexibility index (Phi) is 8.53. The summed E-state index contributed by atoms with van der Waals surface area (Å²) in [7, 11) is 0. The fourth-order valence-corrected chi connectivity index (χ4v) is 3.96. The SMILES string of the molecule is CC(C)CCOc1ccc(-c2nn(-c3ccccc3)cc2/C=C(\C#N)C(=O)NC[C@H]2CCCO2)cc1. The molecule has 0 saturated carbocycles. The number of nitrogens with one attached hydrogen (secondary N) is 1. The van der Waals surface area contributed by atoms with Crippen molar-refractivity contribution in [1.82, 2.24) is 15.1 Å². The van der Waals surface area contributed by atoms with Gasteiger partial charge in [-0.3, -0.25) is 4.79 Å². The summed E-state index contributed by atoms with van der Waals surface area (Å²) in [6.07, 6.45) is 6.33. The van der Waals surface area contributed by atoms with Crippen molar-refractivity contribution in [2.24, 2.45) is 5.92 Å². The minimum atomic E-state index is -0.416. The summed E-state index contributed by atoms with van der Waals surface area (Å²) in [6.45, 7) is 6.11. The first kappa shape index (κ1) is 25.2.